The minimum absolute atomic E-state index is 0.0426. The van der Waals surface area contributed by atoms with Crippen molar-refractivity contribution in [2.45, 2.75) is 13.0 Å². The molecule has 7 nitrogen and oxygen atoms in total. The van der Waals surface area contributed by atoms with Gasteiger partial charge in [-0.25, -0.2) is 0 Å². The summed E-state index contributed by atoms with van der Waals surface area (Å²) in [4.78, 5) is 26.9. The number of phenols is 1. The Hall–Kier alpha value is -3.87. The summed E-state index contributed by atoms with van der Waals surface area (Å²) < 4.78 is 5.07. The van der Waals surface area contributed by atoms with Crippen molar-refractivity contribution >= 4 is 23.3 Å². The molecule has 1 atom stereocenters. The third kappa shape index (κ3) is 2.83. The zero-order chi connectivity index (χ0) is 19.8. The smallest absolute Gasteiger partial charge is 0.301 e. The van der Waals surface area contributed by atoms with Crippen molar-refractivity contribution in [2.24, 2.45) is 0 Å². The lowest BCUT2D eigenvalue weighted by molar-refractivity contribution is -0.132. The molecule has 0 saturated carbocycles. The molecule has 0 radical (unpaired) electrons. The van der Waals surface area contributed by atoms with Crippen molar-refractivity contribution in [2.75, 3.05) is 4.90 Å². The van der Waals surface area contributed by atoms with Gasteiger partial charge in [-0.05, 0) is 24.6 Å². The summed E-state index contributed by atoms with van der Waals surface area (Å²) in [6.45, 7) is 1.67. The van der Waals surface area contributed by atoms with E-state index in [-0.39, 0.29) is 22.9 Å². The Morgan fingerprint density at radius 3 is 2.36 bits per heavy atom. The summed E-state index contributed by atoms with van der Waals surface area (Å²) in [5.41, 5.74) is 0.901. The van der Waals surface area contributed by atoms with Gasteiger partial charge >= 0.3 is 5.91 Å². The van der Waals surface area contributed by atoms with Gasteiger partial charge in [0.25, 0.3) is 5.78 Å². The van der Waals surface area contributed by atoms with Crippen LogP contribution in [0.5, 0.6) is 5.75 Å². The van der Waals surface area contributed by atoms with E-state index in [4.69, 9.17) is 4.52 Å². The molecule has 0 spiro atoms. The van der Waals surface area contributed by atoms with E-state index >= 15 is 0 Å². The molecule has 1 aliphatic rings. The lowest BCUT2D eigenvalue weighted by atomic mass is 9.95. The van der Waals surface area contributed by atoms with Crippen LogP contribution in [0.3, 0.4) is 0 Å². The van der Waals surface area contributed by atoms with Gasteiger partial charge < -0.3 is 14.7 Å². The first kappa shape index (κ1) is 17.5. The van der Waals surface area contributed by atoms with E-state index in [1.807, 2.05) is 0 Å². The molecule has 2 N–H and O–H groups in total. The molecule has 1 aromatic heterocycles. The second-order valence-corrected chi connectivity index (χ2v) is 6.42. The molecule has 1 unspecified atom stereocenters. The number of aromatic nitrogens is 1. The largest absolute Gasteiger partial charge is 0.508 e. The second-order valence-electron chi connectivity index (χ2n) is 6.42. The molecule has 28 heavy (non-hydrogen) atoms. The molecular formula is C21H16N2O5. The molecule has 1 saturated heterocycles. The van der Waals surface area contributed by atoms with Crippen LogP contribution in [0.15, 0.2) is 70.8 Å². The molecule has 2 heterocycles. The van der Waals surface area contributed by atoms with E-state index in [0.717, 1.165) is 0 Å². The maximum absolute atomic E-state index is 12.8. The number of amides is 1. The van der Waals surface area contributed by atoms with Gasteiger partial charge in [0.2, 0.25) is 0 Å². The van der Waals surface area contributed by atoms with Crippen molar-refractivity contribution in [3.63, 3.8) is 0 Å². The SMILES string of the molecule is Cc1cc(N2C(=O)C(=O)/C(=C(/O)c3ccccc3)C2c2ccc(O)cc2)no1. The van der Waals surface area contributed by atoms with Crippen molar-refractivity contribution in [3.05, 3.63) is 83.1 Å². The summed E-state index contributed by atoms with van der Waals surface area (Å²) in [6, 6.07) is 15.2. The third-order valence-corrected chi connectivity index (χ3v) is 4.56. The van der Waals surface area contributed by atoms with Crippen LogP contribution in [-0.4, -0.2) is 27.1 Å². The van der Waals surface area contributed by atoms with Crippen molar-refractivity contribution in [3.8, 4) is 5.75 Å². The van der Waals surface area contributed by atoms with Crippen LogP contribution in [0.1, 0.15) is 22.9 Å². The fourth-order valence-corrected chi connectivity index (χ4v) is 3.26. The number of benzene rings is 2. The highest BCUT2D eigenvalue weighted by Crippen LogP contribution is 2.42. The van der Waals surface area contributed by atoms with Gasteiger partial charge in [-0.1, -0.05) is 47.6 Å². The molecule has 2 aromatic carbocycles. The average Bonchev–Trinajstić information content (AvgIpc) is 3.24. The zero-order valence-corrected chi connectivity index (χ0v) is 14.9. The monoisotopic (exact) mass is 376 g/mol. The molecule has 140 valence electrons. The van der Waals surface area contributed by atoms with Gasteiger partial charge in [0, 0.05) is 11.6 Å². The van der Waals surface area contributed by atoms with E-state index in [2.05, 4.69) is 5.16 Å². The fourth-order valence-electron chi connectivity index (χ4n) is 3.26. The van der Waals surface area contributed by atoms with E-state index in [1.54, 1.807) is 55.5 Å². The highest BCUT2D eigenvalue weighted by atomic mass is 16.5. The number of aliphatic hydroxyl groups is 1. The lowest BCUT2D eigenvalue weighted by Crippen LogP contribution is -2.29. The van der Waals surface area contributed by atoms with Gasteiger partial charge in [-0.15, -0.1) is 0 Å². The highest BCUT2D eigenvalue weighted by molar-refractivity contribution is 6.51. The van der Waals surface area contributed by atoms with E-state index in [0.29, 0.717) is 16.9 Å². The number of phenolic OH excluding ortho intramolecular Hbond substituents is 1. The van der Waals surface area contributed by atoms with Gasteiger partial charge in [-0.3, -0.25) is 14.5 Å². The van der Waals surface area contributed by atoms with Crippen molar-refractivity contribution < 1.29 is 24.3 Å². The Morgan fingerprint density at radius 1 is 1.07 bits per heavy atom. The number of carbonyl (C=O) groups is 2. The summed E-state index contributed by atoms with van der Waals surface area (Å²) in [6.07, 6.45) is 0. The Labute approximate surface area is 160 Å². The average molecular weight is 376 g/mol. The predicted octanol–water partition coefficient (Wildman–Crippen LogP) is 3.31. The first-order chi connectivity index (χ1) is 13.5. The molecule has 1 aliphatic heterocycles. The molecule has 1 fully saturated rings. The lowest BCUT2D eigenvalue weighted by Gasteiger charge is -2.22. The van der Waals surface area contributed by atoms with Crippen LogP contribution in [0.2, 0.25) is 0 Å². The highest BCUT2D eigenvalue weighted by Gasteiger charge is 2.48. The number of aliphatic hydroxyl groups excluding tert-OH is 1. The summed E-state index contributed by atoms with van der Waals surface area (Å²) in [7, 11) is 0. The van der Waals surface area contributed by atoms with Gasteiger partial charge in [0.1, 0.15) is 17.3 Å². The fraction of sp³-hybridized carbons (Fsp3) is 0.0952. The predicted molar refractivity (Wildman–Crippen MR) is 101 cm³/mol. The maximum atomic E-state index is 12.8. The molecule has 1 amide bonds. The maximum Gasteiger partial charge on any atom is 0.301 e. The van der Waals surface area contributed by atoms with Crippen LogP contribution in [0.25, 0.3) is 5.76 Å². The van der Waals surface area contributed by atoms with Gasteiger partial charge in [-0.2, -0.15) is 0 Å². The van der Waals surface area contributed by atoms with Crippen LogP contribution < -0.4 is 4.90 Å². The minimum atomic E-state index is -0.912. The standard InChI is InChI=1S/C21H16N2O5/c1-12-11-16(22-28-12)23-18(13-7-9-15(24)10-8-13)17(20(26)21(23)27)19(25)14-5-3-2-4-6-14/h2-11,18,24-25H,1H3/b19-17+. The Bertz CT molecular complexity index is 1080. The zero-order valence-electron chi connectivity index (χ0n) is 14.9. The Balaban J connectivity index is 1.94. The van der Waals surface area contributed by atoms with E-state index in [9.17, 15) is 19.8 Å². The number of Topliss-reactive ketones (excluding diaryl/α,β-unsaturated/α-hetero) is 1. The molecular weight excluding hydrogens is 360 g/mol. The Kier molecular flexibility index (Phi) is 4.19. The van der Waals surface area contributed by atoms with E-state index in [1.165, 1.54) is 17.0 Å². The molecule has 7 heteroatoms. The van der Waals surface area contributed by atoms with Crippen LogP contribution in [-0.2, 0) is 9.59 Å². The number of aryl methyl sites for hydroxylation is 1. The first-order valence-corrected chi connectivity index (χ1v) is 8.56. The summed E-state index contributed by atoms with van der Waals surface area (Å²) >= 11 is 0. The molecule has 0 aliphatic carbocycles. The molecule has 4 rings (SSSR count). The third-order valence-electron chi connectivity index (χ3n) is 4.56. The normalized spacial score (nSPS) is 18.6. The van der Waals surface area contributed by atoms with Crippen molar-refractivity contribution in [1.82, 2.24) is 5.16 Å². The summed E-state index contributed by atoms with van der Waals surface area (Å²) in [5.74, 6) is -1.22. The Morgan fingerprint density at radius 2 is 1.75 bits per heavy atom. The number of anilines is 1. The van der Waals surface area contributed by atoms with Crippen LogP contribution in [0.4, 0.5) is 5.82 Å². The molecule has 0 bridgehead atoms. The quantitative estimate of drug-likeness (QED) is 0.413. The number of ketones is 1. The van der Waals surface area contributed by atoms with E-state index < -0.39 is 17.7 Å². The van der Waals surface area contributed by atoms with Gasteiger partial charge in [0.05, 0.1) is 11.6 Å². The number of nitrogens with zero attached hydrogens (tertiary/aromatic N) is 2. The van der Waals surface area contributed by atoms with Gasteiger partial charge in [0.15, 0.2) is 5.82 Å². The van der Waals surface area contributed by atoms with Crippen LogP contribution >= 0.6 is 0 Å². The number of aromatic hydroxyl groups is 1. The number of rotatable bonds is 3. The first-order valence-electron chi connectivity index (χ1n) is 8.56. The molecule has 3 aromatic rings. The minimum Gasteiger partial charge on any atom is -0.508 e. The number of hydrogen-bond acceptors (Lipinski definition) is 6. The summed E-state index contributed by atoms with van der Waals surface area (Å²) in [5, 5.41) is 24.3. The number of hydrogen-bond donors (Lipinski definition) is 2. The van der Waals surface area contributed by atoms with Crippen LogP contribution in [0, 0.1) is 6.92 Å². The second kappa shape index (κ2) is 6.70. The topological polar surface area (TPSA) is 104 Å². The number of carbonyl (C=O) groups excluding carboxylic acids is 2. The van der Waals surface area contributed by atoms with Crippen molar-refractivity contribution in [1.29, 1.82) is 0 Å².